The summed E-state index contributed by atoms with van der Waals surface area (Å²) in [7, 11) is 0. The summed E-state index contributed by atoms with van der Waals surface area (Å²) in [6.45, 7) is 3.63. The minimum atomic E-state index is -0.347. The summed E-state index contributed by atoms with van der Waals surface area (Å²) in [5.74, 6) is 0.158. The van der Waals surface area contributed by atoms with Crippen LogP contribution < -0.4 is 4.74 Å². The highest BCUT2D eigenvalue weighted by molar-refractivity contribution is 6.34. The predicted molar refractivity (Wildman–Crippen MR) is 77.0 cm³/mol. The zero-order chi connectivity index (χ0) is 13.8. The highest BCUT2D eigenvalue weighted by Gasteiger charge is 2.15. The van der Waals surface area contributed by atoms with Gasteiger partial charge in [0.2, 0.25) is 5.78 Å². The molecule has 19 heavy (non-hydrogen) atoms. The zero-order valence-corrected chi connectivity index (χ0v) is 11.4. The van der Waals surface area contributed by atoms with E-state index in [-0.39, 0.29) is 11.5 Å². The number of ketones is 1. The second-order valence-corrected chi connectivity index (χ2v) is 4.63. The third-order valence-corrected chi connectivity index (χ3v) is 3.01. The highest BCUT2D eigenvalue weighted by Crippen LogP contribution is 2.21. The number of carbonyl (C=O) groups is 1. The third-order valence-electron chi connectivity index (χ3n) is 2.43. The maximum absolute atomic E-state index is 12.1. The largest absolute Gasteiger partial charge is 0.454 e. The first-order valence-corrected chi connectivity index (χ1v) is 6.25. The van der Waals surface area contributed by atoms with Crippen LogP contribution in [-0.2, 0) is 0 Å². The quantitative estimate of drug-likeness (QED) is 0.461. The molecule has 0 N–H and O–H groups in total. The van der Waals surface area contributed by atoms with Gasteiger partial charge in [0.05, 0.1) is 5.02 Å². The molecule has 0 bridgehead atoms. The van der Waals surface area contributed by atoms with Crippen molar-refractivity contribution >= 4 is 29.0 Å². The molecule has 0 radical (unpaired) electrons. The Morgan fingerprint density at radius 1 is 1.00 bits per heavy atom. The van der Waals surface area contributed by atoms with Gasteiger partial charge in [0, 0.05) is 10.6 Å². The van der Waals surface area contributed by atoms with E-state index in [2.05, 4.69) is 6.58 Å². The van der Waals surface area contributed by atoms with Gasteiger partial charge in [-0.3, -0.25) is 4.79 Å². The fourth-order valence-corrected chi connectivity index (χ4v) is 1.83. The number of Topliss-reactive ketones (excluding diaryl/α,β-unsaturated/α-hetero) is 1. The number of ether oxygens (including phenoxy) is 1. The molecule has 0 unspecified atom stereocenters. The Balaban J connectivity index is 2.14. The number of hydrogen-bond donors (Lipinski definition) is 0. The molecule has 4 heteroatoms. The Labute approximate surface area is 121 Å². The normalized spacial score (nSPS) is 10.0. The van der Waals surface area contributed by atoms with E-state index >= 15 is 0 Å². The van der Waals surface area contributed by atoms with Crippen molar-refractivity contribution in [2.24, 2.45) is 0 Å². The van der Waals surface area contributed by atoms with Crippen LogP contribution in [0.15, 0.2) is 60.9 Å². The number of rotatable bonds is 4. The maximum atomic E-state index is 12.1. The molecule has 0 saturated carbocycles. The Morgan fingerprint density at radius 2 is 1.63 bits per heavy atom. The van der Waals surface area contributed by atoms with Gasteiger partial charge in [0.15, 0.2) is 5.76 Å². The number of benzene rings is 2. The van der Waals surface area contributed by atoms with E-state index < -0.39 is 0 Å². The molecular formula is C15H10Cl2O2. The monoisotopic (exact) mass is 292 g/mol. The van der Waals surface area contributed by atoms with E-state index in [1.807, 2.05) is 0 Å². The van der Waals surface area contributed by atoms with E-state index in [0.717, 1.165) is 0 Å². The van der Waals surface area contributed by atoms with Gasteiger partial charge in [0.1, 0.15) is 5.75 Å². The van der Waals surface area contributed by atoms with Crippen molar-refractivity contribution in [2.75, 3.05) is 0 Å². The number of halogens is 2. The molecule has 0 fully saturated rings. The zero-order valence-electron chi connectivity index (χ0n) is 9.90. The molecular weight excluding hydrogens is 283 g/mol. The lowest BCUT2D eigenvalue weighted by Gasteiger charge is -2.08. The average Bonchev–Trinajstić information content (AvgIpc) is 2.41. The summed E-state index contributed by atoms with van der Waals surface area (Å²) < 4.78 is 5.38. The van der Waals surface area contributed by atoms with Crippen LogP contribution in [0.4, 0.5) is 0 Å². The molecule has 0 aliphatic carbocycles. The van der Waals surface area contributed by atoms with E-state index in [1.54, 1.807) is 48.5 Å². The molecule has 96 valence electrons. The maximum Gasteiger partial charge on any atom is 0.229 e. The first-order chi connectivity index (χ1) is 9.08. The van der Waals surface area contributed by atoms with Crippen LogP contribution in [0.2, 0.25) is 10.0 Å². The first kappa shape index (κ1) is 13.7. The van der Waals surface area contributed by atoms with Gasteiger partial charge in [0.25, 0.3) is 0 Å². The van der Waals surface area contributed by atoms with E-state index in [4.69, 9.17) is 27.9 Å². The number of hydrogen-bond acceptors (Lipinski definition) is 2. The van der Waals surface area contributed by atoms with Crippen molar-refractivity contribution < 1.29 is 9.53 Å². The van der Waals surface area contributed by atoms with Crippen LogP contribution in [0.3, 0.4) is 0 Å². The van der Waals surface area contributed by atoms with Gasteiger partial charge in [-0.25, -0.2) is 0 Å². The van der Waals surface area contributed by atoms with Crippen molar-refractivity contribution in [1.82, 2.24) is 0 Å². The summed E-state index contributed by atoms with van der Waals surface area (Å²) in [5, 5.41) is 0.962. The molecule has 0 saturated heterocycles. The summed E-state index contributed by atoms with van der Waals surface area (Å²) in [5.41, 5.74) is 0.364. The van der Waals surface area contributed by atoms with E-state index in [1.165, 1.54) is 0 Å². The predicted octanol–water partition coefficient (Wildman–Crippen LogP) is 4.77. The van der Waals surface area contributed by atoms with Gasteiger partial charge >= 0.3 is 0 Å². The second kappa shape index (κ2) is 5.91. The molecule has 0 atom stereocenters. The van der Waals surface area contributed by atoms with Crippen LogP contribution in [0, 0.1) is 0 Å². The van der Waals surface area contributed by atoms with Crippen LogP contribution in [0.25, 0.3) is 0 Å². The van der Waals surface area contributed by atoms with Crippen LogP contribution in [-0.4, -0.2) is 5.78 Å². The van der Waals surface area contributed by atoms with Gasteiger partial charge in [-0.05, 0) is 36.4 Å². The highest BCUT2D eigenvalue weighted by atomic mass is 35.5. The van der Waals surface area contributed by atoms with Gasteiger partial charge in [-0.15, -0.1) is 0 Å². The van der Waals surface area contributed by atoms with Crippen molar-refractivity contribution in [2.45, 2.75) is 0 Å². The van der Waals surface area contributed by atoms with Gasteiger partial charge in [-0.2, -0.15) is 0 Å². The lowest BCUT2D eigenvalue weighted by Crippen LogP contribution is -2.08. The van der Waals surface area contributed by atoms with Gasteiger partial charge in [-0.1, -0.05) is 41.9 Å². The summed E-state index contributed by atoms with van der Waals surface area (Å²) in [4.78, 5) is 12.1. The molecule has 2 aromatic carbocycles. The molecule has 0 spiro atoms. The minimum absolute atomic E-state index is 0.00965. The van der Waals surface area contributed by atoms with Crippen molar-refractivity contribution in [3.8, 4) is 5.75 Å². The molecule has 2 rings (SSSR count). The van der Waals surface area contributed by atoms with Crippen molar-refractivity contribution in [3.05, 3.63) is 76.5 Å². The average molecular weight is 293 g/mol. The standard InChI is InChI=1S/C15H10Cl2O2/c1-10(19-12-8-6-11(16)7-9-12)15(18)13-4-2-3-5-14(13)17/h2-9H,1H2. The third kappa shape index (κ3) is 3.37. The van der Waals surface area contributed by atoms with Gasteiger partial charge < -0.3 is 4.74 Å². The fraction of sp³-hybridized carbons (Fsp3) is 0. The summed E-state index contributed by atoms with van der Waals surface area (Å²) in [6.07, 6.45) is 0. The van der Waals surface area contributed by atoms with E-state index in [0.29, 0.717) is 21.4 Å². The summed E-state index contributed by atoms with van der Waals surface area (Å²) >= 11 is 11.7. The summed E-state index contributed by atoms with van der Waals surface area (Å²) in [6, 6.07) is 13.4. The minimum Gasteiger partial charge on any atom is -0.454 e. The lowest BCUT2D eigenvalue weighted by molar-refractivity contribution is 0.0987. The molecule has 0 amide bonds. The molecule has 0 aliphatic rings. The Kier molecular flexibility index (Phi) is 4.25. The lowest BCUT2D eigenvalue weighted by atomic mass is 10.1. The molecule has 0 heterocycles. The number of allylic oxidation sites excluding steroid dienone is 1. The number of carbonyl (C=O) groups excluding carboxylic acids is 1. The fourth-order valence-electron chi connectivity index (χ4n) is 1.49. The van der Waals surface area contributed by atoms with Crippen LogP contribution >= 0.6 is 23.2 Å². The topological polar surface area (TPSA) is 26.3 Å². The Morgan fingerprint density at radius 3 is 2.26 bits per heavy atom. The first-order valence-electron chi connectivity index (χ1n) is 5.49. The van der Waals surface area contributed by atoms with Crippen LogP contribution in [0.5, 0.6) is 5.75 Å². The molecule has 0 aromatic heterocycles. The smallest absolute Gasteiger partial charge is 0.229 e. The van der Waals surface area contributed by atoms with Crippen LogP contribution in [0.1, 0.15) is 10.4 Å². The SMILES string of the molecule is C=C(Oc1ccc(Cl)cc1)C(=O)c1ccccc1Cl. The Bertz CT molecular complexity index is 618. The Hall–Kier alpha value is -1.77. The van der Waals surface area contributed by atoms with Crippen molar-refractivity contribution in [1.29, 1.82) is 0 Å². The second-order valence-electron chi connectivity index (χ2n) is 3.79. The molecule has 2 nitrogen and oxygen atoms in total. The molecule has 2 aromatic rings. The molecule has 0 aliphatic heterocycles. The van der Waals surface area contributed by atoms with Crippen molar-refractivity contribution in [3.63, 3.8) is 0 Å². The van der Waals surface area contributed by atoms with E-state index in [9.17, 15) is 4.79 Å².